The van der Waals surface area contributed by atoms with Crippen LogP contribution < -0.4 is 10.6 Å². The minimum Gasteiger partial charge on any atom is -0.481 e. The monoisotopic (exact) mass is 420 g/mol. The number of hydrogen-bond acceptors (Lipinski definition) is 4. The fraction of sp³-hybridized carbons (Fsp3) is 0.292. The molecule has 2 atom stereocenters. The molecule has 2 aromatic rings. The minimum atomic E-state index is -1.04. The molecule has 3 N–H and O–H groups in total. The van der Waals surface area contributed by atoms with Gasteiger partial charge in [-0.2, -0.15) is 0 Å². The number of rotatable bonds is 8. The molecule has 0 fully saturated rings. The molecule has 31 heavy (non-hydrogen) atoms. The lowest BCUT2D eigenvalue weighted by molar-refractivity contribution is -0.137. The number of benzene rings is 2. The number of amides is 2. The summed E-state index contributed by atoms with van der Waals surface area (Å²) in [6.07, 6.45) is 4.27. The van der Waals surface area contributed by atoms with E-state index in [4.69, 9.17) is 16.3 Å². The molecule has 0 aliphatic heterocycles. The number of carboxylic acid groups (broad SMARTS) is 1. The van der Waals surface area contributed by atoms with Crippen LogP contribution in [-0.2, 0) is 14.3 Å². The number of alkyl carbamates (subject to hydrolysis) is 1. The molecule has 0 heterocycles. The van der Waals surface area contributed by atoms with E-state index < -0.39 is 30.1 Å². The lowest BCUT2D eigenvalue weighted by atomic mass is 9.98. The van der Waals surface area contributed by atoms with Crippen molar-refractivity contribution in [2.75, 3.05) is 6.61 Å². The summed E-state index contributed by atoms with van der Waals surface area (Å²) in [5, 5.41) is 13.8. The molecular weight excluding hydrogens is 396 g/mol. The van der Waals surface area contributed by atoms with Gasteiger partial charge in [0, 0.05) is 18.4 Å². The quantitative estimate of drug-likeness (QED) is 0.570. The van der Waals surface area contributed by atoms with Crippen molar-refractivity contribution in [3.05, 3.63) is 59.7 Å². The first-order valence-corrected chi connectivity index (χ1v) is 9.97. The van der Waals surface area contributed by atoms with Gasteiger partial charge in [-0.1, -0.05) is 48.5 Å². The summed E-state index contributed by atoms with van der Waals surface area (Å²) >= 11 is 0. The summed E-state index contributed by atoms with van der Waals surface area (Å²) in [4.78, 5) is 35.6. The molecule has 1 aliphatic rings. The van der Waals surface area contributed by atoms with Crippen molar-refractivity contribution in [2.45, 2.75) is 37.8 Å². The van der Waals surface area contributed by atoms with Crippen LogP contribution in [-0.4, -0.2) is 41.8 Å². The Hall–Kier alpha value is -3.79. The van der Waals surface area contributed by atoms with E-state index in [0.717, 1.165) is 22.3 Å². The lowest BCUT2D eigenvalue weighted by Gasteiger charge is -2.20. The normalized spacial score (nSPS) is 13.8. The van der Waals surface area contributed by atoms with Gasteiger partial charge in [0.15, 0.2) is 0 Å². The average Bonchev–Trinajstić information content (AvgIpc) is 3.05. The zero-order chi connectivity index (χ0) is 22.4. The predicted molar refractivity (Wildman–Crippen MR) is 115 cm³/mol. The van der Waals surface area contributed by atoms with Gasteiger partial charge in [0.1, 0.15) is 12.6 Å². The highest BCUT2D eigenvalue weighted by molar-refractivity contribution is 5.86. The summed E-state index contributed by atoms with van der Waals surface area (Å²) in [6, 6.07) is 14.3. The Morgan fingerprint density at radius 3 is 2.19 bits per heavy atom. The van der Waals surface area contributed by atoms with Crippen molar-refractivity contribution in [2.24, 2.45) is 0 Å². The van der Waals surface area contributed by atoms with Crippen molar-refractivity contribution in [3.8, 4) is 23.5 Å². The van der Waals surface area contributed by atoms with Crippen LogP contribution in [0.15, 0.2) is 48.5 Å². The minimum absolute atomic E-state index is 0.0458. The number of ether oxygens (including phenoxy) is 1. The van der Waals surface area contributed by atoms with Crippen molar-refractivity contribution >= 4 is 18.0 Å². The molecule has 7 heteroatoms. The molecular formula is C24H24N2O5. The Balaban J connectivity index is 1.63. The maximum Gasteiger partial charge on any atom is 0.407 e. The van der Waals surface area contributed by atoms with Gasteiger partial charge in [-0.05, 0) is 29.2 Å². The van der Waals surface area contributed by atoms with E-state index in [9.17, 15) is 14.4 Å². The van der Waals surface area contributed by atoms with E-state index in [0.29, 0.717) is 0 Å². The number of carbonyl (C=O) groups excluding carboxylic acids is 2. The van der Waals surface area contributed by atoms with Crippen LogP contribution >= 0.6 is 0 Å². The van der Waals surface area contributed by atoms with Crippen molar-refractivity contribution in [1.29, 1.82) is 0 Å². The number of aliphatic carboxylic acids is 1. The molecule has 0 bridgehead atoms. The maximum absolute atomic E-state index is 12.4. The first-order chi connectivity index (χ1) is 14.9. The van der Waals surface area contributed by atoms with E-state index in [1.54, 1.807) is 6.92 Å². The fourth-order valence-electron chi connectivity index (χ4n) is 3.77. The largest absolute Gasteiger partial charge is 0.481 e. The Labute approximate surface area is 180 Å². The Morgan fingerprint density at radius 1 is 1.06 bits per heavy atom. The molecule has 7 nitrogen and oxygen atoms in total. The summed E-state index contributed by atoms with van der Waals surface area (Å²) in [7, 11) is 0. The second kappa shape index (κ2) is 9.81. The molecule has 0 spiro atoms. The molecule has 0 saturated carbocycles. The topological polar surface area (TPSA) is 105 Å². The van der Waals surface area contributed by atoms with Crippen LogP contribution in [0.1, 0.15) is 36.8 Å². The number of terminal acetylenes is 1. The standard InChI is InChI=1S/C24H24N2O5/c1-3-8-21(23(29)25-15(2)13-22(27)28)26-24(30)31-14-20-18-11-6-4-9-16(18)17-10-5-7-12-19(17)20/h1,4-7,9-12,15,20-21H,8,13-14H2,2H3,(H,25,29)(H,26,30)(H,27,28)/t15-,21?/m1/s1. The van der Waals surface area contributed by atoms with E-state index in [2.05, 4.69) is 16.6 Å². The summed E-state index contributed by atoms with van der Waals surface area (Å²) in [5.41, 5.74) is 4.39. The summed E-state index contributed by atoms with van der Waals surface area (Å²) in [6.45, 7) is 1.67. The van der Waals surface area contributed by atoms with E-state index in [1.165, 1.54) is 0 Å². The summed E-state index contributed by atoms with van der Waals surface area (Å²) < 4.78 is 5.44. The van der Waals surface area contributed by atoms with Crippen molar-refractivity contribution < 1.29 is 24.2 Å². The third kappa shape index (κ3) is 5.23. The van der Waals surface area contributed by atoms with Crippen LogP contribution in [0.3, 0.4) is 0 Å². The van der Waals surface area contributed by atoms with Gasteiger partial charge in [-0.3, -0.25) is 9.59 Å². The number of carboxylic acids is 1. The van der Waals surface area contributed by atoms with Gasteiger partial charge in [0.05, 0.1) is 6.42 Å². The Kier molecular flexibility index (Phi) is 6.93. The highest BCUT2D eigenvalue weighted by atomic mass is 16.5. The molecule has 2 amide bonds. The summed E-state index contributed by atoms with van der Waals surface area (Å²) in [5.74, 6) is 0.649. The van der Waals surface area contributed by atoms with Gasteiger partial charge in [-0.25, -0.2) is 4.79 Å². The SMILES string of the molecule is C#CCC(NC(=O)OCC1c2ccccc2-c2ccccc21)C(=O)N[C@H](C)CC(=O)O. The highest BCUT2D eigenvalue weighted by Crippen LogP contribution is 2.44. The number of carbonyl (C=O) groups is 3. The first-order valence-electron chi connectivity index (χ1n) is 9.97. The van der Waals surface area contributed by atoms with Crippen LogP contribution in [0.25, 0.3) is 11.1 Å². The first kappa shape index (κ1) is 21.9. The number of nitrogens with one attached hydrogen (secondary N) is 2. The van der Waals surface area contributed by atoms with Gasteiger partial charge in [-0.15, -0.1) is 12.3 Å². The van der Waals surface area contributed by atoms with Gasteiger partial charge in [0.25, 0.3) is 0 Å². The maximum atomic E-state index is 12.4. The van der Waals surface area contributed by atoms with E-state index in [-0.39, 0.29) is 25.4 Å². The average molecular weight is 420 g/mol. The molecule has 1 aliphatic carbocycles. The molecule has 0 saturated heterocycles. The zero-order valence-electron chi connectivity index (χ0n) is 17.1. The molecule has 3 rings (SSSR count). The lowest BCUT2D eigenvalue weighted by Crippen LogP contribution is -2.49. The fourth-order valence-corrected chi connectivity index (χ4v) is 3.77. The van der Waals surface area contributed by atoms with Gasteiger partial charge >= 0.3 is 12.1 Å². The van der Waals surface area contributed by atoms with Crippen LogP contribution in [0.4, 0.5) is 4.79 Å². The smallest absolute Gasteiger partial charge is 0.407 e. The molecule has 0 aromatic heterocycles. The number of hydrogen-bond donors (Lipinski definition) is 3. The van der Waals surface area contributed by atoms with Gasteiger partial charge in [0.2, 0.25) is 5.91 Å². The second-order valence-electron chi connectivity index (χ2n) is 7.44. The van der Waals surface area contributed by atoms with Gasteiger partial charge < -0.3 is 20.5 Å². The van der Waals surface area contributed by atoms with E-state index >= 15 is 0 Å². The highest BCUT2D eigenvalue weighted by Gasteiger charge is 2.30. The Bertz CT molecular complexity index is 981. The molecule has 2 aromatic carbocycles. The predicted octanol–water partition coefficient (Wildman–Crippen LogP) is 2.90. The zero-order valence-corrected chi connectivity index (χ0v) is 17.1. The van der Waals surface area contributed by atoms with Crippen LogP contribution in [0.5, 0.6) is 0 Å². The van der Waals surface area contributed by atoms with Crippen molar-refractivity contribution in [3.63, 3.8) is 0 Å². The Morgan fingerprint density at radius 2 is 1.65 bits per heavy atom. The molecule has 160 valence electrons. The van der Waals surface area contributed by atoms with Crippen LogP contribution in [0.2, 0.25) is 0 Å². The van der Waals surface area contributed by atoms with Crippen LogP contribution in [0, 0.1) is 12.3 Å². The molecule has 0 radical (unpaired) electrons. The third-order valence-corrected chi connectivity index (χ3v) is 5.14. The molecule has 1 unspecified atom stereocenters. The number of fused-ring (bicyclic) bond motifs is 3. The van der Waals surface area contributed by atoms with E-state index in [1.807, 2.05) is 48.5 Å². The second-order valence-corrected chi connectivity index (χ2v) is 7.44. The third-order valence-electron chi connectivity index (χ3n) is 5.14. The van der Waals surface area contributed by atoms with Crippen molar-refractivity contribution in [1.82, 2.24) is 10.6 Å².